The topological polar surface area (TPSA) is 55.4 Å². The van der Waals surface area contributed by atoms with Crippen molar-refractivity contribution in [1.29, 1.82) is 0 Å². The van der Waals surface area contributed by atoms with Crippen LogP contribution in [0.1, 0.15) is 24.8 Å². The molecule has 0 aromatic heterocycles. The molecule has 24 heavy (non-hydrogen) atoms. The van der Waals surface area contributed by atoms with Crippen LogP contribution in [0.25, 0.3) is 0 Å². The van der Waals surface area contributed by atoms with Crippen molar-refractivity contribution in [2.24, 2.45) is 5.92 Å². The van der Waals surface area contributed by atoms with Crippen molar-refractivity contribution < 1.29 is 27.5 Å². The lowest BCUT2D eigenvalue weighted by atomic mass is 9.95. The van der Waals surface area contributed by atoms with Crippen LogP contribution in [0.4, 0.5) is 18.9 Å². The quantitative estimate of drug-likeness (QED) is 0.646. The van der Waals surface area contributed by atoms with Crippen molar-refractivity contribution in [2.45, 2.75) is 25.4 Å². The number of halogens is 4. The number of hydrogen-bond acceptors (Lipinski definition) is 3. The van der Waals surface area contributed by atoms with Gasteiger partial charge in [-0.15, -0.1) is 0 Å². The van der Waals surface area contributed by atoms with E-state index in [1.54, 1.807) is 0 Å². The van der Waals surface area contributed by atoms with Crippen LogP contribution in [0.15, 0.2) is 30.4 Å². The molecular formula is C16H15ClF3NO3. The first-order valence-electron chi connectivity index (χ1n) is 7.25. The summed E-state index contributed by atoms with van der Waals surface area (Å²) in [7, 11) is 0. The van der Waals surface area contributed by atoms with E-state index in [0.717, 1.165) is 18.6 Å². The van der Waals surface area contributed by atoms with E-state index in [-0.39, 0.29) is 11.6 Å². The van der Waals surface area contributed by atoms with E-state index in [0.29, 0.717) is 12.8 Å². The number of carbonyl (C=O) groups is 2. The monoisotopic (exact) mass is 361 g/mol. The van der Waals surface area contributed by atoms with Crippen molar-refractivity contribution in [3.05, 3.63) is 40.9 Å². The fraction of sp³-hybridized carbons (Fsp3) is 0.375. The Hall–Kier alpha value is -2.02. The molecule has 8 heteroatoms. The van der Waals surface area contributed by atoms with Gasteiger partial charge in [-0.05, 0) is 37.5 Å². The third-order valence-corrected chi connectivity index (χ3v) is 3.83. The summed E-state index contributed by atoms with van der Waals surface area (Å²) >= 11 is 5.50. The van der Waals surface area contributed by atoms with E-state index in [4.69, 9.17) is 16.3 Å². The Morgan fingerprint density at radius 1 is 1.29 bits per heavy atom. The Labute approximate surface area is 141 Å². The summed E-state index contributed by atoms with van der Waals surface area (Å²) in [6.45, 7) is -0.553. The SMILES string of the molecule is O=C(COC(=O)[C@@H]1CC=CCC1)Nc1ccc(Cl)c(C(F)(F)F)c1. The van der Waals surface area contributed by atoms with Crippen LogP contribution >= 0.6 is 11.6 Å². The van der Waals surface area contributed by atoms with Gasteiger partial charge in [-0.1, -0.05) is 23.8 Å². The van der Waals surface area contributed by atoms with E-state index in [2.05, 4.69) is 5.32 Å². The van der Waals surface area contributed by atoms with E-state index in [1.165, 1.54) is 6.07 Å². The van der Waals surface area contributed by atoms with Crippen molar-refractivity contribution in [1.82, 2.24) is 0 Å². The lowest BCUT2D eigenvalue weighted by Crippen LogP contribution is -2.25. The number of hydrogen-bond donors (Lipinski definition) is 1. The number of alkyl halides is 3. The summed E-state index contributed by atoms with van der Waals surface area (Å²) in [6.07, 6.45) is 1.21. The molecule has 1 aromatic rings. The maximum atomic E-state index is 12.8. The maximum absolute atomic E-state index is 12.8. The standard InChI is InChI=1S/C16H15ClF3NO3/c17-13-7-6-11(8-12(13)16(18,19)20)21-14(22)9-24-15(23)10-4-2-1-3-5-10/h1-2,6-8,10H,3-5,9H2,(H,21,22)/t10-/m1/s1. The van der Waals surface area contributed by atoms with Gasteiger partial charge < -0.3 is 10.1 Å². The van der Waals surface area contributed by atoms with Crippen LogP contribution in [-0.2, 0) is 20.5 Å². The fourth-order valence-corrected chi connectivity index (χ4v) is 2.50. The number of esters is 1. The van der Waals surface area contributed by atoms with E-state index < -0.39 is 35.2 Å². The first kappa shape index (κ1) is 18.3. The van der Waals surface area contributed by atoms with Gasteiger partial charge in [-0.25, -0.2) is 0 Å². The summed E-state index contributed by atoms with van der Waals surface area (Å²) in [5.74, 6) is -1.48. The molecule has 1 aliphatic rings. The first-order valence-corrected chi connectivity index (χ1v) is 7.63. The minimum absolute atomic E-state index is 0.0756. The van der Waals surface area contributed by atoms with Gasteiger partial charge in [0.15, 0.2) is 6.61 Å². The second-order valence-corrected chi connectivity index (χ2v) is 5.74. The number of carbonyl (C=O) groups excluding carboxylic acids is 2. The second-order valence-electron chi connectivity index (χ2n) is 5.33. The molecule has 1 atom stereocenters. The van der Waals surface area contributed by atoms with Gasteiger partial charge in [0.05, 0.1) is 16.5 Å². The Kier molecular flexibility index (Phi) is 5.88. The number of amides is 1. The summed E-state index contributed by atoms with van der Waals surface area (Å²) in [6, 6.07) is 3.01. The molecule has 1 amide bonds. The van der Waals surface area contributed by atoms with E-state index in [9.17, 15) is 22.8 Å². The summed E-state index contributed by atoms with van der Waals surface area (Å²) < 4.78 is 43.2. The zero-order chi connectivity index (χ0) is 17.7. The Bertz CT molecular complexity index is 658. The molecule has 1 aliphatic carbocycles. The summed E-state index contributed by atoms with van der Waals surface area (Å²) in [4.78, 5) is 23.5. The van der Waals surface area contributed by atoms with Crippen LogP contribution in [0, 0.1) is 5.92 Å². The maximum Gasteiger partial charge on any atom is 0.417 e. The fourth-order valence-electron chi connectivity index (χ4n) is 2.28. The third kappa shape index (κ3) is 4.99. The number of anilines is 1. The van der Waals surface area contributed by atoms with Crippen LogP contribution in [0.5, 0.6) is 0 Å². The lowest BCUT2D eigenvalue weighted by molar-refractivity contribution is -0.151. The number of allylic oxidation sites excluding steroid dienone is 2. The van der Waals surface area contributed by atoms with Gasteiger partial charge in [0, 0.05) is 5.69 Å². The van der Waals surface area contributed by atoms with E-state index >= 15 is 0 Å². The Balaban J connectivity index is 1.90. The normalized spacial score (nSPS) is 17.4. The highest BCUT2D eigenvalue weighted by Crippen LogP contribution is 2.36. The average Bonchev–Trinajstić information content (AvgIpc) is 2.54. The van der Waals surface area contributed by atoms with Crippen LogP contribution in [0.3, 0.4) is 0 Å². The molecule has 0 bridgehead atoms. The van der Waals surface area contributed by atoms with Crippen molar-refractivity contribution in [2.75, 3.05) is 11.9 Å². The average molecular weight is 362 g/mol. The number of benzene rings is 1. The highest BCUT2D eigenvalue weighted by atomic mass is 35.5. The molecule has 2 rings (SSSR count). The van der Waals surface area contributed by atoms with Crippen molar-refractivity contribution >= 4 is 29.2 Å². The number of nitrogens with one attached hydrogen (secondary N) is 1. The molecule has 0 fully saturated rings. The molecule has 1 aromatic carbocycles. The highest BCUT2D eigenvalue weighted by molar-refractivity contribution is 6.31. The Morgan fingerprint density at radius 3 is 2.67 bits per heavy atom. The lowest BCUT2D eigenvalue weighted by Gasteiger charge is -2.16. The van der Waals surface area contributed by atoms with Crippen LogP contribution in [-0.4, -0.2) is 18.5 Å². The van der Waals surface area contributed by atoms with Crippen molar-refractivity contribution in [3.63, 3.8) is 0 Å². The number of ether oxygens (including phenoxy) is 1. The van der Waals surface area contributed by atoms with Crippen molar-refractivity contribution in [3.8, 4) is 0 Å². The van der Waals surface area contributed by atoms with Gasteiger partial charge in [0.25, 0.3) is 5.91 Å². The zero-order valence-electron chi connectivity index (χ0n) is 12.5. The molecule has 0 radical (unpaired) electrons. The zero-order valence-corrected chi connectivity index (χ0v) is 13.3. The predicted octanol–water partition coefficient (Wildman–Crippen LogP) is 4.20. The molecule has 1 N–H and O–H groups in total. The molecule has 0 spiro atoms. The van der Waals surface area contributed by atoms with Gasteiger partial charge in [-0.2, -0.15) is 13.2 Å². The predicted molar refractivity (Wildman–Crippen MR) is 82.5 cm³/mol. The van der Waals surface area contributed by atoms with Gasteiger partial charge in [0.2, 0.25) is 0 Å². The minimum Gasteiger partial charge on any atom is -0.455 e. The smallest absolute Gasteiger partial charge is 0.417 e. The van der Waals surface area contributed by atoms with Crippen LogP contribution < -0.4 is 5.32 Å². The summed E-state index contributed by atoms with van der Waals surface area (Å²) in [5, 5.41) is 1.79. The number of rotatable bonds is 4. The molecule has 4 nitrogen and oxygen atoms in total. The molecule has 0 saturated heterocycles. The third-order valence-electron chi connectivity index (χ3n) is 3.50. The van der Waals surface area contributed by atoms with E-state index in [1.807, 2.05) is 12.2 Å². The minimum atomic E-state index is -4.63. The van der Waals surface area contributed by atoms with Gasteiger partial charge in [-0.3, -0.25) is 9.59 Å². The van der Waals surface area contributed by atoms with Gasteiger partial charge >= 0.3 is 12.1 Å². The largest absolute Gasteiger partial charge is 0.455 e. The first-order chi connectivity index (χ1) is 11.3. The molecule has 0 heterocycles. The molecule has 130 valence electrons. The molecular weight excluding hydrogens is 347 g/mol. The van der Waals surface area contributed by atoms with Gasteiger partial charge in [0.1, 0.15) is 0 Å². The molecule has 0 unspecified atom stereocenters. The molecule has 0 aliphatic heterocycles. The molecule has 0 saturated carbocycles. The highest BCUT2D eigenvalue weighted by Gasteiger charge is 2.33. The van der Waals surface area contributed by atoms with Crippen LogP contribution in [0.2, 0.25) is 5.02 Å². The summed E-state index contributed by atoms with van der Waals surface area (Å²) in [5.41, 5.74) is -1.12. The Morgan fingerprint density at radius 2 is 2.04 bits per heavy atom. The second kappa shape index (κ2) is 7.70.